The lowest BCUT2D eigenvalue weighted by Gasteiger charge is -2.16. The van der Waals surface area contributed by atoms with E-state index in [9.17, 15) is 20.4 Å². The Morgan fingerprint density at radius 2 is 0.778 bits per heavy atom. The fourth-order valence-electron chi connectivity index (χ4n) is 3.19. The number of aryl methyl sites for hydroxylation is 4. The van der Waals surface area contributed by atoms with Gasteiger partial charge < -0.3 is 20.4 Å². The second-order valence-electron chi connectivity index (χ2n) is 6.79. The predicted molar refractivity (Wildman–Crippen MR) is 110 cm³/mol. The van der Waals surface area contributed by atoms with E-state index in [-0.39, 0.29) is 30.4 Å². The van der Waals surface area contributed by atoms with Crippen LogP contribution in [-0.4, -0.2) is 20.4 Å². The quantitative estimate of drug-likeness (QED) is 0.468. The minimum atomic E-state index is -0.0346. The summed E-state index contributed by atoms with van der Waals surface area (Å²) < 4.78 is 0. The van der Waals surface area contributed by atoms with Crippen LogP contribution in [0.4, 0.5) is 0 Å². The summed E-state index contributed by atoms with van der Waals surface area (Å²) in [5.74, 6) is 0.338. The van der Waals surface area contributed by atoms with Gasteiger partial charge in [0.2, 0.25) is 0 Å². The van der Waals surface area contributed by atoms with Crippen molar-refractivity contribution < 1.29 is 20.4 Å². The number of benzene rings is 3. The van der Waals surface area contributed by atoms with Crippen molar-refractivity contribution in [1.82, 2.24) is 0 Å². The van der Waals surface area contributed by atoms with Gasteiger partial charge in [-0.05, 0) is 91.4 Å². The molecule has 27 heavy (non-hydrogen) atoms. The van der Waals surface area contributed by atoms with Gasteiger partial charge in [0.15, 0.2) is 0 Å². The number of phenolic OH excluding ortho intramolecular Hbond substituents is 4. The first-order chi connectivity index (χ1) is 12.2. The monoisotopic (exact) mass is 366 g/mol. The zero-order valence-electron chi connectivity index (χ0n) is 15.3. The topological polar surface area (TPSA) is 80.9 Å². The van der Waals surface area contributed by atoms with E-state index in [4.69, 9.17) is 0 Å². The van der Waals surface area contributed by atoms with Crippen molar-refractivity contribution in [3.63, 3.8) is 0 Å². The van der Waals surface area contributed by atoms with E-state index in [2.05, 4.69) is 0 Å². The Labute approximate surface area is 160 Å². The summed E-state index contributed by atoms with van der Waals surface area (Å²) in [4.78, 5) is 0. The van der Waals surface area contributed by atoms with Crippen LogP contribution in [0.3, 0.4) is 0 Å². The zero-order valence-corrected chi connectivity index (χ0v) is 15.3. The van der Waals surface area contributed by atoms with Gasteiger partial charge in [0.05, 0.1) is 0 Å². The molecule has 3 rings (SSSR count). The maximum Gasteiger partial charge on any atom is 0.127 e. The molecular formula is C23H26O4. The molecule has 142 valence electrons. The van der Waals surface area contributed by atoms with Crippen LogP contribution in [0, 0.1) is 27.7 Å². The molecule has 0 aromatic heterocycles. The van der Waals surface area contributed by atoms with E-state index in [1.165, 1.54) is 6.07 Å². The third kappa shape index (κ3) is 3.56. The van der Waals surface area contributed by atoms with Crippen molar-refractivity contribution in [1.29, 1.82) is 0 Å². The lowest BCUT2D eigenvalue weighted by molar-refractivity contribution is 0.452. The summed E-state index contributed by atoms with van der Waals surface area (Å²) in [6.45, 7) is 7.31. The molecule has 0 aliphatic carbocycles. The normalized spacial score (nSPS) is 10.5. The summed E-state index contributed by atoms with van der Waals surface area (Å²) in [5, 5.41) is 40.6. The first-order valence-electron chi connectivity index (χ1n) is 8.36. The van der Waals surface area contributed by atoms with E-state index < -0.39 is 0 Å². The summed E-state index contributed by atoms with van der Waals surface area (Å²) in [6, 6.07) is 10.0. The van der Waals surface area contributed by atoms with Crippen molar-refractivity contribution in [2.75, 3.05) is 0 Å². The van der Waals surface area contributed by atoms with Crippen LogP contribution in [-0.2, 0) is 0 Å². The summed E-state index contributed by atoms with van der Waals surface area (Å²) in [5.41, 5.74) is 5.76. The Kier molecular flexibility index (Phi) is 5.41. The Morgan fingerprint density at radius 3 is 1.15 bits per heavy atom. The van der Waals surface area contributed by atoms with Gasteiger partial charge >= 0.3 is 0 Å². The van der Waals surface area contributed by atoms with E-state index >= 15 is 0 Å². The predicted octanol–water partition coefficient (Wildman–Crippen LogP) is 5.71. The highest BCUT2D eigenvalue weighted by Gasteiger charge is 2.17. The fourth-order valence-corrected chi connectivity index (χ4v) is 3.19. The molecule has 0 aliphatic heterocycles. The molecule has 0 bridgehead atoms. The van der Waals surface area contributed by atoms with E-state index in [0.717, 1.165) is 22.3 Å². The molecular weight excluding hydrogens is 340 g/mol. The molecule has 4 N–H and O–H groups in total. The van der Waals surface area contributed by atoms with Gasteiger partial charge in [-0.15, -0.1) is 0 Å². The van der Waals surface area contributed by atoms with Crippen molar-refractivity contribution in [2.24, 2.45) is 0 Å². The van der Waals surface area contributed by atoms with Gasteiger partial charge in [-0.25, -0.2) is 0 Å². The molecule has 0 saturated carbocycles. The lowest BCUT2D eigenvalue weighted by atomic mass is 9.91. The van der Waals surface area contributed by atoms with Gasteiger partial charge in [0.1, 0.15) is 23.0 Å². The Morgan fingerprint density at radius 1 is 0.407 bits per heavy atom. The Bertz CT molecular complexity index is 941. The molecule has 4 nitrogen and oxygen atoms in total. The van der Waals surface area contributed by atoms with E-state index in [1.54, 1.807) is 32.0 Å². The highest BCUT2D eigenvalue weighted by molar-refractivity contribution is 5.84. The number of aromatic hydroxyl groups is 4. The Balaban J connectivity index is 0.00000261. The molecule has 0 spiro atoms. The highest BCUT2D eigenvalue weighted by atomic mass is 16.3. The van der Waals surface area contributed by atoms with E-state index in [0.29, 0.717) is 22.3 Å². The average Bonchev–Trinajstić information content (AvgIpc) is 2.55. The smallest absolute Gasteiger partial charge is 0.127 e. The van der Waals surface area contributed by atoms with Crippen LogP contribution in [0.25, 0.3) is 22.3 Å². The lowest BCUT2D eigenvalue weighted by Crippen LogP contribution is -1.91. The van der Waals surface area contributed by atoms with Gasteiger partial charge in [0.25, 0.3) is 0 Å². The highest BCUT2D eigenvalue weighted by Crippen LogP contribution is 2.43. The molecule has 0 saturated heterocycles. The number of hydrogen-bond donors (Lipinski definition) is 4. The van der Waals surface area contributed by atoms with Crippen molar-refractivity contribution in [2.45, 2.75) is 35.1 Å². The van der Waals surface area contributed by atoms with Gasteiger partial charge in [0, 0.05) is 17.2 Å². The van der Waals surface area contributed by atoms with Crippen molar-refractivity contribution in [3.8, 4) is 45.3 Å². The zero-order chi connectivity index (χ0) is 19.2. The van der Waals surface area contributed by atoms with Gasteiger partial charge in [-0.3, -0.25) is 0 Å². The van der Waals surface area contributed by atoms with Crippen LogP contribution in [0.1, 0.15) is 29.7 Å². The molecule has 0 fully saturated rings. The molecule has 0 radical (unpaired) electrons. The molecule has 0 amide bonds. The molecule has 0 aliphatic rings. The molecule has 3 aromatic rings. The maximum absolute atomic E-state index is 10.4. The largest absolute Gasteiger partial charge is 0.508 e. The molecule has 0 atom stereocenters. The molecule has 4 heteroatoms. The number of phenols is 4. The van der Waals surface area contributed by atoms with Crippen LogP contribution in [0.15, 0.2) is 36.4 Å². The average molecular weight is 366 g/mol. The number of hydrogen-bond acceptors (Lipinski definition) is 4. The first kappa shape index (κ1) is 20.2. The first-order valence-corrected chi connectivity index (χ1v) is 8.36. The third-order valence-corrected chi connectivity index (χ3v) is 4.78. The van der Waals surface area contributed by atoms with Crippen LogP contribution < -0.4 is 0 Å². The van der Waals surface area contributed by atoms with Gasteiger partial charge in [-0.1, -0.05) is 7.43 Å². The minimum Gasteiger partial charge on any atom is -0.508 e. The second-order valence-corrected chi connectivity index (χ2v) is 6.79. The summed E-state index contributed by atoms with van der Waals surface area (Å²) >= 11 is 0. The SMILES string of the molecule is C.Cc1cc(-c2cc(-c3cc(C)c(O)cc3C)c(O)cc2O)c(C)cc1O. The number of rotatable bonds is 2. The van der Waals surface area contributed by atoms with Crippen LogP contribution >= 0.6 is 0 Å². The van der Waals surface area contributed by atoms with Crippen molar-refractivity contribution in [3.05, 3.63) is 58.7 Å². The molecule has 0 heterocycles. The summed E-state index contributed by atoms with van der Waals surface area (Å²) in [7, 11) is 0. The maximum atomic E-state index is 10.4. The van der Waals surface area contributed by atoms with Crippen LogP contribution in [0.2, 0.25) is 0 Å². The second kappa shape index (κ2) is 7.23. The molecule has 0 unspecified atom stereocenters. The van der Waals surface area contributed by atoms with Gasteiger partial charge in [-0.2, -0.15) is 0 Å². The van der Waals surface area contributed by atoms with Crippen LogP contribution in [0.5, 0.6) is 23.0 Å². The molecule has 3 aromatic carbocycles. The fraction of sp³-hybridized carbons (Fsp3) is 0.217. The minimum absolute atomic E-state index is 0. The van der Waals surface area contributed by atoms with E-state index in [1.807, 2.05) is 26.0 Å². The third-order valence-electron chi connectivity index (χ3n) is 4.78. The standard InChI is InChI=1S/C22H22O4.CH4/c1-11-7-19(23)13(3)5-15(11)17-9-18(22(26)10-21(17)25)16-6-14(4)20(24)8-12(16)2;/h5-10,23-26H,1-4H3;1H4. The van der Waals surface area contributed by atoms with Crippen molar-refractivity contribution >= 4 is 0 Å². The summed E-state index contributed by atoms with van der Waals surface area (Å²) in [6.07, 6.45) is 0. The Hall–Kier alpha value is -3.14.